The predicted molar refractivity (Wildman–Crippen MR) is 72.3 cm³/mol. The molecule has 1 aromatic heterocycles. The van der Waals surface area contributed by atoms with Gasteiger partial charge in [0.15, 0.2) is 5.58 Å². The summed E-state index contributed by atoms with van der Waals surface area (Å²) in [5.41, 5.74) is 1.28. The fraction of sp³-hybridized carbons (Fsp3) is 0.364. The topological polar surface area (TPSA) is 93.3 Å². The van der Waals surface area contributed by atoms with Crippen LogP contribution in [0.4, 0.5) is 5.69 Å². The highest BCUT2D eigenvalue weighted by Crippen LogP contribution is 2.18. The molecule has 0 spiro atoms. The zero-order valence-electron chi connectivity index (χ0n) is 10.6. The van der Waals surface area contributed by atoms with Gasteiger partial charge in [0.05, 0.1) is 11.2 Å². The van der Waals surface area contributed by atoms with E-state index < -0.39 is 16.0 Å². The van der Waals surface area contributed by atoms with Crippen molar-refractivity contribution in [3.63, 3.8) is 0 Å². The first-order valence-electron chi connectivity index (χ1n) is 5.80. The van der Waals surface area contributed by atoms with E-state index in [0.717, 1.165) is 0 Å². The van der Waals surface area contributed by atoms with Gasteiger partial charge in [0, 0.05) is 19.7 Å². The lowest BCUT2D eigenvalue weighted by Crippen LogP contribution is -2.30. The van der Waals surface area contributed by atoms with Crippen molar-refractivity contribution in [1.82, 2.24) is 9.29 Å². The second-order valence-electron chi connectivity index (χ2n) is 4.11. The molecule has 0 radical (unpaired) electrons. The lowest BCUT2D eigenvalue weighted by molar-refractivity contribution is 0.528. The highest BCUT2D eigenvalue weighted by Gasteiger charge is 2.11. The first-order valence-corrected chi connectivity index (χ1v) is 7.28. The van der Waals surface area contributed by atoms with Crippen LogP contribution in [-0.2, 0) is 17.3 Å². The summed E-state index contributed by atoms with van der Waals surface area (Å²) in [7, 11) is -2.01. The number of anilines is 1. The smallest absolute Gasteiger partial charge is 0.408 e. The van der Waals surface area contributed by atoms with Gasteiger partial charge in [-0.1, -0.05) is 6.92 Å². The van der Waals surface area contributed by atoms with Crippen molar-refractivity contribution in [3.05, 3.63) is 28.7 Å². The Bertz CT molecular complexity index is 745. The van der Waals surface area contributed by atoms with Gasteiger partial charge >= 0.3 is 5.76 Å². The Kier molecular flexibility index (Phi) is 3.63. The number of aromatic nitrogens is 1. The fourth-order valence-corrected chi connectivity index (χ4v) is 2.61. The van der Waals surface area contributed by atoms with Gasteiger partial charge < -0.3 is 4.42 Å². The van der Waals surface area contributed by atoms with Gasteiger partial charge in [0.1, 0.15) is 0 Å². The summed E-state index contributed by atoms with van der Waals surface area (Å²) in [6.45, 7) is 2.23. The van der Waals surface area contributed by atoms with Gasteiger partial charge in [0.25, 0.3) is 10.2 Å². The Labute approximate surface area is 110 Å². The number of aryl methyl sites for hydroxylation is 1. The summed E-state index contributed by atoms with van der Waals surface area (Å²) in [4.78, 5) is 11.3. The number of oxazole rings is 1. The molecule has 19 heavy (non-hydrogen) atoms. The monoisotopic (exact) mass is 285 g/mol. The van der Waals surface area contributed by atoms with Crippen LogP contribution in [0.5, 0.6) is 0 Å². The van der Waals surface area contributed by atoms with E-state index in [2.05, 4.69) is 9.44 Å². The van der Waals surface area contributed by atoms with E-state index in [0.29, 0.717) is 29.8 Å². The highest BCUT2D eigenvalue weighted by molar-refractivity contribution is 7.90. The van der Waals surface area contributed by atoms with Crippen molar-refractivity contribution in [2.45, 2.75) is 13.3 Å². The molecule has 0 aliphatic carbocycles. The lowest BCUT2D eigenvalue weighted by atomic mass is 10.3. The summed E-state index contributed by atoms with van der Waals surface area (Å²) >= 11 is 0. The molecule has 0 aliphatic heterocycles. The van der Waals surface area contributed by atoms with Crippen molar-refractivity contribution in [2.24, 2.45) is 7.05 Å². The van der Waals surface area contributed by atoms with E-state index in [1.807, 2.05) is 6.92 Å². The molecular formula is C11H15N3O4S. The number of hydrogen-bond donors (Lipinski definition) is 2. The molecule has 1 heterocycles. The molecule has 8 heteroatoms. The van der Waals surface area contributed by atoms with Crippen LogP contribution in [0.25, 0.3) is 11.1 Å². The third-order valence-electron chi connectivity index (χ3n) is 2.59. The molecule has 2 aromatic rings. The van der Waals surface area contributed by atoms with E-state index in [4.69, 9.17) is 4.42 Å². The van der Waals surface area contributed by atoms with Gasteiger partial charge in [0.2, 0.25) is 0 Å². The molecule has 7 nitrogen and oxygen atoms in total. The lowest BCUT2D eigenvalue weighted by Gasteiger charge is -2.08. The maximum atomic E-state index is 11.6. The Balaban J connectivity index is 2.29. The summed E-state index contributed by atoms with van der Waals surface area (Å²) in [5.74, 6) is -0.487. The average molecular weight is 285 g/mol. The molecule has 0 bridgehead atoms. The van der Waals surface area contributed by atoms with Crippen LogP contribution >= 0.6 is 0 Å². The molecule has 104 valence electrons. The number of rotatable bonds is 5. The van der Waals surface area contributed by atoms with E-state index in [1.165, 1.54) is 10.6 Å². The maximum Gasteiger partial charge on any atom is 0.419 e. The van der Waals surface area contributed by atoms with Crippen LogP contribution < -0.4 is 15.2 Å². The van der Waals surface area contributed by atoms with E-state index in [9.17, 15) is 13.2 Å². The molecule has 0 aliphatic rings. The summed E-state index contributed by atoms with van der Waals surface area (Å²) in [6, 6.07) is 4.67. The van der Waals surface area contributed by atoms with Crippen molar-refractivity contribution < 1.29 is 12.8 Å². The fourth-order valence-electron chi connectivity index (χ4n) is 1.62. The number of fused-ring (bicyclic) bond motifs is 1. The second-order valence-corrected chi connectivity index (χ2v) is 5.61. The van der Waals surface area contributed by atoms with Crippen LogP contribution in [0.15, 0.2) is 27.4 Å². The summed E-state index contributed by atoms with van der Waals surface area (Å²) < 4.78 is 34.4. The molecule has 1 aromatic carbocycles. The number of nitrogens with one attached hydrogen (secondary N) is 2. The van der Waals surface area contributed by atoms with Gasteiger partial charge in [-0.15, -0.1) is 0 Å². The van der Waals surface area contributed by atoms with Gasteiger partial charge in [-0.25, -0.2) is 4.79 Å². The van der Waals surface area contributed by atoms with Crippen molar-refractivity contribution in [3.8, 4) is 0 Å². The first-order chi connectivity index (χ1) is 8.93. The predicted octanol–water partition coefficient (Wildman–Crippen LogP) is 0.788. The Morgan fingerprint density at radius 2 is 2.11 bits per heavy atom. The molecule has 0 unspecified atom stereocenters. The molecular weight excluding hydrogens is 270 g/mol. The van der Waals surface area contributed by atoms with Crippen LogP contribution in [0.1, 0.15) is 13.3 Å². The van der Waals surface area contributed by atoms with Gasteiger partial charge in [-0.05, 0) is 18.6 Å². The minimum absolute atomic E-state index is 0.336. The van der Waals surface area contributed by atoms with Gasteiger partial charge in [-0.3, -0.25) is 9.29 Å². The minimum atomic E-state index is -3.60. The quantitative estimate of drug-likeness (QED) is 0.849. The minimum Gasteiger partial charge on any atom is -0.408 e. The van der Waals surface area contributed by atoms with Crippen LogP contribution in [0.3, 0.4) is 0 Å². The van der Waals surface area contributed by atoms with E-state index in [-0.39, 0.29) is 0 Å². The van der Waals surface area contributed by atoms with Crippen molar-refractivity contribution in [1.29, 1.82) is 0 Å². The number of hydrogen-bond acceptors (Lipinski definition) is 4. The second kappa shape index (κ2) is 5.06. The third-order valence-corrected chi connectivity index (χ3v) is 3.68. The Morgan fingerprint density at radius 3 is 2.79 bits per heavy atom. The molecule has 0 saturated carbocycles. The summed E-state index contributed by atoms with van der Waals surface area (Å²) in [6.07, 6.45) is 0.702. The highest BCUT2D eigenvalue weighted by atomic mass is 32.2. The standard InChI is InChI=1S/C11H15N3O4S/c1-3-6-12-19(16,17)13-8-4-5-9-10(7-8)18-11(15)14(9)2/h4-5,7,12-13H,3,6H2,1-2H3. The zero-order chi connectivity index (χ0) is 14.0. The van der Waals surface area contributed by atoms with Crippen molar-refractivity contribution in [2.75, 3.05) is 11.3 Å². The van der Waals surface area contributed by atoms with Crippen LogP contribution in [-0.4, -0.2) is 19.5 Å². The van der Waals surface area contributed by atoms with E-state index >= 15 is 0 Å². The number of nitrogens with zero attached hydrogens (tertiary/aromatic N) is 1. The third kappa shape index (κ3) is 2.96. The molecule has 0 amide bonds. The molecule has 0 fully saturated rings. The summed E-state index contributed by atoms with van der Waals surface area (Å²) in [5, 5.41) is 0. The average Bonchev–Trinajstić information content (AvgIpc) is 2.62. The van der Waals surface area contributed by atoms with Gasteiger partial charge in [-0.2, -0.15) is 13.1 Å². The maximum absolute atomic E-state index is 11.6. The molecule has 0 atom stereocenters. The van der Waals surface area contributed by atoms with E-state index in [1.54, 1.807) is 19.2 Å². The number of benzene rings is 1. The largest absolute Gasteiger partial charge is 0.419 e. The normalized spacial score (nSPS) is 11.9. The zero-order valence-corrected chi connectivity index (χ0v) is 11.5. The molecule has 0 saturated heterocycles. The molecule has 2 rings (SSSR count). The van der Waals surface area contributed by atoms with Crippen LogP contribution in [0, 0.1) is 0 Å². The van der Waals surface area contributed by atoms with Crippen molar-refractivity contribution >= 4 is 27.0 Å². The Hall–Kier alpha value is -1.80. The SMILES string of the molecule is CCCNS(=O)(=O)Nc1ccc2c(c1)oc(=O)n2C. The molecule has 2 N–H and O–H groups in total. The Morgan fingerprint density at radius 1 is 1.37 bits per heavy atom. The van der Waals surface area contributed by atoms with Crippen LogP contribution in [0.2, 0.25) is 0 Å². The first kappa shape index (κ1) is 13.6.